The second-order valence-electron chi connectivity index (χ2n) is 7.11. The third kappa shape index (κ3) is 6.98. The van der Waals surface area contributed by atoms with Crippen LogP contribution in [-0.2, 0) is 27.1 Å². The summed E-state index contributed by atoms with van der Waals surface area (Å²) in [6.07, 6.45) is 0. The van der Waals surface area contributed by atoms with Crippen molar-refractivity contribution in [1.82, 2.24) is 10.0 Å². The van der Waals surface area contributed by atoms with Gasteiger partial charge in [-0.2, -0.15) is 0 Å². The Morgan fingerprint density at radius 3 is 2.36 bits per heavy atom. The van der Waals surface area contributed by atoms with Crippen molar-refractivity contribution in [3.8, 4) is 5.75 Å². The molecule has 0 bridgehead atoms. The molecular formula is C21H28N2O4S. The van der Waals surface area contributed by atoms with Crippen LogP contribution in [-0.4, -0.2) is 27.0 Å². The molecular weight excluding hydrogens is 376 g/mol. The maximum Gasteiger partial charge on any atom is 0.258 e. The van der Waals surface area contributed by atoms with Crippen LogP contribution in [0.3, 0.4) is 0 Å². The van der Waals surface area contributed by atoms with E-state index in [4.69, 9.17) is 4.74 Å². The maximum absolute atomic E-state index is 12.2. The highest BCUT2D eigenvalue weighted by Crippen LogP contribution is 2.16. The Balaban J connectivity index is 1.93. The third-order valence-corrected chi connectivity index (χ3v) is 5.73. The first-order chi connectivity index (χ1) is 13.2. The zero-order chi connectivity index (χ0) is 20.7. The van der Waals surface area contributed by atoms with Crippen LogP contribution in [0.2, 0.25) is 0 Å². The van der Waals surface area contributed by atoms with E-state index in [1.807, 2.05) is 44.2 Å². The normalized spacial score (nSPS) is 11.5. The standard InChI is InChI=1S/C21H28N2O4S/c1-15(2)23-28(25,26)14-19-8-6-5-7-18(19)12-22-21(24)13-27-20-10-9-16(3)17(4)11-20/h5-11,15,23H,12-14H2,1-4H3,(H,22,24). The number of nitrogens with one attached hydrogen (secondary N) is 2. The highest BCUT2D eigenvalue weighted by molar-refractivity contribution is 7.88. The molecule has 0 fully saturated rings. The number of ether oxygens (including phenoxy) is 1. The average molecular weight is 405 g/mol. The van der Waals surface area contributed by atoms with Crippen molar-refractivity contribution < 1.29 is 17.9 Å². The highest BCUT2D eigenvalue weighted by Gasteiger charge is 2.15. The fourth-order valence-electron chi connectivity index (χ4n) is 2.67. The van der Waals surface area contributed by atoms with Crippen LogP contribution in [0.25, 0.3) is 0 Å². The molecule has 6 nitrogen and oxygen atoms in total. The van der Waals surface area contributed by atoms with Gasteiger partial charge in [0.05, 0.1) is 5.75 Å². The largest absolute Gasteiger partial charge is 0.484 e. The quantitative estimate of drug-likeness (QED) is 0.673. The van der Waals surface area contributed by atoms with E-state index >= 15 is 0 Å². The van der Waals surface area contributed by atoms with Crippen LogP contribution in [0, 0.1) is 13.8 Å². The Hall–Kier alpha value is -2.38. The van der Waals surface area contributed by atoms with E-state index < -0.39 is 10.0 Å². The molecule has 0 heterocycles. The number of hydrogen-bond donors (Lipinski definition) is 2. The van der Waals surface area contributed by atoms with Gasteiger partial charge < -0.3 is 10.1 Å². The van der Waals surface area contributed by atoms with Gasteiger partial charge in [0.25, 0.3) is 5.91 Å². The Kier molecular flexibility index (Phi) is 7.60. The first kappa shape index (κ1) is 21.9. The van der Waals surface area contributed by atoms with Crippen molar-refractivity contribution in [2.45, 2.75) is 46.0 Å². The Morgan fingerprint density at radius 1 is 1.04 bits per heavy atom. The van der Waals surface area contributed by atoms with E-state index in [0.29, 0.717) is 11.3 Å². The zero-order valence-electron chi connectivity index (χ0n) is 16.8. The van der Waals surface area contributed by atoms with Crippen LogP contribution in [0.4, 0.5) is 0 Å². The molecule has 0 aliphatic carbocycles. The van der Waals surface area contributed by atoms with Crippen molar-refractivity contribution in [2.24, 2.45) is 0 Å². The fourth-order valence-corrected chi connectivity index (χ4v) is 4.17. The molecule has 0 aliphatic rings. The number of hydrogen-bond acceptors (Lipinski definition) is 4. The van der Waals surface area contributed by atoms with Gasteiger partial charge in [0.1, 0.15) is 5.75 Å². The molecule has 152 valence electrons. The van der Waals surface area contributed by atoms with Gasteiger partial charge >= 0.3 is 0 Å². The summed E-state index contributed by atoms with van der Waals surface area (Å²) >= 11 is 0. The molecule has 0 unspecified atom stereocenters. The van der Waals surface area contributed by atoms with Gasteiger partial charge in [-0.15, -0.1) is 0 Å². The fraction of sp³-hybridized carbons (Fsp3) is 0.381. The molecule has 2 rings (SSSR count). The summed E-state index contributed by atoms with van der Waals surface area (Å²) in [4.78, 5) is 12.1. The van der Waals surface area contributed by atoms with Crippen molar-refractivity contribution in [1.29, 1.82) is 0 Å². The van der Waals surface area contributed by atoms with Crippen LogP contribution >= 0.6 is 0 Å². The lowest BCUT2D eigenvalue weighted by molar-refractivity contribution is -0.123. The van der Waals surface area contributed by atoms with Crippen LogP contribution in [0.1, 0.15) is 36.1 Å². The van der Waals surface area contributed by atoms with Gasteiger partial charge in [-0.3, -0.25) is 4.79 Å². The second kappa shape index (κ2) is 9.71. The molecule has 1 amide bonds. The highest BCUT2D eigenvalue weighted by atomic mass is 32.2. The number of amides is 1. The predicted molar refractivity (Wildman–Crippen MR) is 111 cm³/mol. The summed E-state index contributed by atoms with van der Waals surface area (Å²) in [5, 5.41) is 2.78. The predicted octanol–water partition coefficient (Wildman–Crippen LogP) is 2.83. The van der Waals surface area contributed by atoms with E-state index in [1.165, 1.54) is 0 Å². The minimum Gasteiger partial charge on any atom is -0.484 e. The summed E-state index contributed by atoms with van der Waals surface area (Å²) in [7, 11) is -3.44. The van der Waals surface area contributed by atoms with Crippen molar-refractivity contribution >= 4 is 15.9 Å². The zero-order valence-corrected chi connectivity index (χ0v) is 17.6. The SMILES string of the molecule is Cc1ccc(OCC(=O)NCc2ccccc2CS(=O)(=O)NC(C)C)cc1C. The lowest BCUT2D eigenvalue weighted by Gasteiger charge is -2.13. The van der Waals surface area contributed by atoms with Gasteiger partial charge in [-0.25, -0.2) is 13.1 Å². The van der Waals surface area contributed by atoms with Crippen LogP contribution in [0.15, 0.2) is 42.5 Å². The smallest absolute Gasteiger partial charge is 0.258 e. The van der Waals surface area contributed by atoms with E-state index in [0.717, 1.165) is 16.7 Å². The number of rotatable bonds is 9. The summed E-state index contributed by atoms with van der Waals surface area (Å²) in [5.41, 5.74) is 3.68. The van der Waals surface area contributed by atoms with E-state index in [2.05, 4.69) is 10.0 Å². The topological polar surface area (TPSA) is 84.5 Å². The van der Waals surface area contributed by atoms with Crippen molar-refractivity contribution in [2.75, 3.05) is 6.61 Å². The number of sulfonamides is 1. The van der Waals surface area contributed by atoms with E-state index in [1.54, 1.807) is 26.0 Å². The molecule has 2 aromatic carbocycles. The summed E-state index contributed by atoms with van der Waals surface area (Å²) in [5.74, 6) is 0.247. The Labute approximate surface area is 167 Å². The number of benzene rings is 2. The van der Waals surface area contributed by atoms with Gasteiger partial charge in [0, 0.05) is 12.6 Å². The molecule has 0 atom stereocenters. The summed E-state index contributed by atoms with van der Waals surface area (Å²) < 4.78 is 32.5. The molecule has 0 spiro atoms. The monoisotopic (exact) mass is 404 g/mol. The summed E-state index contributed by atoms with van der Waals surface area (Å²) in [6, 6.07) is 12.7. The molecule has 0 saturated carbocycles. The number of carbonyl (C=O) groups excluding carboxylic acids is 1. The Morgan fingerprint density at radius 2 is 1.71 bits per heavy atom. The first-order valence-electron chi connectivity index (χ1n) is 9.20. The molecule has 0 aromatic heterocycles. The number of aryl methyl sites for hydroxylation is 2. The van der Waals surface area contributed by atoms with Gasteiger partial charge in [-0.05, 0) is 62.1 Å². The lowest BCUT2D eigenvalue weighted by Crippen LogP contribution is -2.32. The van der Waals surface area contributed by atoms with E-state index in [-0.39, 0.29) is 30.9 Å². The maximum atomic E-state index is 12.2. The van der Waals surface area contributed by atoms with Gasteiger partial charge in [0.2, 0.25) is 10.0 Å². The minimum absolute atomic E-state index is 0.0993. The van der Waals surface area contributed by atoms with Gasteiger partial charge in [0.15, 0.2) is 6.61 Å². The van der Waals surface area contributed by atoms with Gasteiger partial charge in [-0.1, -0.05) is 30.3 Å². The van der Waals surface area contributed by atoms with Crippen LogP contribution < -0.4 is 14.8 Å². The minimum atomic E-state index is -3.44. The second-order valence-corrected chi connectivity index (χ2v) is 8.87. The lowest BCUT2D eigenvalue weighted by atomic mass is 10.1. The van der Waals surface area contributed by atoms with E-state index in [9.17, 15) is 13.2 Å². The molecule has 2 N–H and O–H groups in total. The summed E-state index contributed by atoms with van der Waals surface area (Å²) in [6.45, 7) is 7.69. The molecule has 0 saturated heterocycles. The molecule has 28 heavy (non-hydrogen) atoms. The third-order valence-electron chi connectivity index (χ3n) is 4.20. The van der Waals surface area contributed by atoms with Crippen LogP contribution in [0.5, 0.6) is 5.75 Å². The molecule has 0 radical (unpaired) electrons. The van der Waals surface area contributed by atoms with Crippen molar-refractivity contribution in [3.63, 3.8) is 0 Å². The molecule has 2 aromatic rings. The number of carbonyl (C=O) groups is 1. The van der Waals surface area contributed by atoms with Crippen molar-refractivity contribution in [3.05, 3.63) is 64.7 Å². The molecule has 0 aliphatic heterocycles. The Bertz CT molecular complexity index is 924. The average Bonchev–Trinajstić information content (AvgIpc) is 2.60. The first-order valence-corrected chi connectivity index (χ1v) is 10.8. The molecule has 7 heteroatoms.